The second kappa shape index (κ2) is 7.84. The van der Waals surface area contributed by atoms with Crippen LogP contribution < -0.4 is 0 Å². The normalized spacial score (nSPS) is 19.4. The fraction of sp³-hybridized carbons (Fsp3) is 0.417. The highest BCUT2D eigenvalue weighted by Gasteiger charge is 2.45. The van der Waals surface area contributed by atoms with Crippen LogP contribution in [0.25, 0.3) is 5.65 Å². The molecule has 0 unspecified atom stereocenters. The van der Waals surface area contributed by atoms with Crippen LogP contribution in [0.2, 0.25) is 0 Å². The Morgan fingerprint density at radius 1 is 1.00 bits per heavy atom. The Balaban J connectivity index is 1.26. The van der Waals surface area contributed by atoms with E-state index in [1.165, 1.54) is 12.1 Å². The first kappa shape index (κ1) is 19.2. The van der Waals surface area contributed by atoms with Crippen molar-refractivity contribution in [2.24, 2.45) is 0 Å². The summed E-state index contributed by atoms with van der Waals surface area (Å²) in [5, 5.41) is 0. The highest BCUT2D eigenvalue weighted by atomic mass is 19.1. The topological polar surface area (TPSA) is 40.9 Å². The van der Waals surface area contributed by atoms with Crippen LogP contribution >= 0.6 is 0 Å². The van der Waals surface area contributed by atoms with Gasteiger partial charge < -0.3 is 9.30 Å². The molecule has 3 heterocycles. The van der Waals surface area contributed by atoms with E-state index in [-0.39, 0.29) is 11.7 Å². The third-order valence-corrected chi connectivity index (χ3v) is 6.72. The van der Waals surface area contributed by atoms with Crippen LogP contribution in [-0.2, 0) is 16.8 Å². The summed E-state index contributed by atoms with van der Waals surface area (Å²) >= 11 is 0. The highest BCUT2D eigenvalue weighted by molar-refractivity contribution is 5.88. The van der Waals surface area contributed by atoms with E-state index in [1.54, 1.807) is 12.1 Å². The lowest BCUT2D eigenvalue weighted by Crippen LogP contribution is -2.53. The van der Waals surface area contributed by atoms with Crippen molar-refractivity contribution in [2.45, 2.75) is 37.6 Å². The van der Waals surface area contributed by atoms with Crippen molar-refractivity contribution < 1.29 is 9.18 Å². The zero-order valence-electron chi connectivity index (χ0n) is 17.1. The van der Waals surface area contributed by atoms with Gasteiger partial charge in [0.1, 0.15) is 11.5 Å². The fourth-order valence-electron chi connectivity index (χ4n) is 5.08. The maximum Gasteiger partial charge on any atom is 0.233 e. The second-order valence-electron chi connectivity index (χ2n) is 8.56. The molecule has 1 saturated heterocycles. The smallest absolute Gasteiger partial charge is 0.233 e. The van der Waals surface area contributed by atoms with E-state index in [2.05, 4.69) is 11.1 Å². The minimum Gasteiger partial charge on any atom is -0.339 e. The monoisotopic (exact) mass is 406 g/mol. The molecule has 3 aromatic rings. The molecule has 1 aliphatic heterocycles. The molecule has 2 fully saturated rings. The first-order valence-electron chi connectivity index (χ1n) is 10.8. The zero-order chi connectivity index (χ0) is 20.6. The van der Waals surface area contributed by atoms with Crippen LogP contribution in [0.5, 0.6) is 0 Å². The second-order valence-corrected chi connectivity index (χ2v) is 8.56. The number of imidazole rings is 1. The van der Waals surface area contributed by atoms with Gasteiger partial charge in [-0.1, -0.05) is 31.0 Å². The van der Waals surface area contributed by atoms with Crippen molar-refractivity contribution in [1.82, 2.24) is 19.2 Å². The molecule has 6 heteroatoms. The van der Waals surface area contributed by atoms with Gasteiger partial charge in [0.05, 0.1) is 11.1 Å². The van der Waals surface area contributed by atoms with Gasteiger partial charge in [-0.15, -0.1) is 0 Å². The Morgan fingerprint density at radius 2 is 1.73 bits per heavy atom. The van der Waals surface area contributed by atoms with Gasteiger partial charge in [0.2, 0.25) is 5.91 Å². The van der Waals surface area contributed by atoms with Gasteiger partial charge in [0, 0.05) is 45.1 Å². The minimum absolute atomic E-state index is 0.221. The van der Waals surface area contributed by atoms with E-state index in [1.807, 2.05) is 33.7 Å². The van der Waals surface area contributed by atoms with Gasteiger partial charge in [0.25, 0.3) is 0 Å². The predicted octanol–water partition coefficient (Wildman–Crippen LogP) is 3.63. The summed E-state index contributed by atoms with van der Waals surface area (Å²) in [6.07, 6.45) is 7.92. The molecular weight excluding hydrogens is 379 g/mol. The maximum atomic E-state index is 13.6. The number of hydrogen-bond donors (Lipinski definition) is 0. The number of hydrogen-bond acceptors (Lipinski definition) is 3. The van der Waals surface area contributed by atoms with E-state index in [0.717, 1.165) is 75.3 Å². The molecule has 30 heavy (non-hydrogen) atoms. The average molecular weight is 407 g/mol. The standard InChI is InChI=1S/C24H27FN4O/c25-20-8-6-19(7-9-20)24(10-2-3-11-24)23(30)28-15-13-27(14-16-28)17-21-18-29-12-4-1-5-22(29)26-21/h1,4-9,12,18H,2-3,10-11,13-17H2. The van der Waals surface area contributed by atoms with E-state index < -0.39 is 5.41 Å². The largest absolute Gasteiger partial charge is 0.339 e. The van der Waals surface area contributed by atoms with Crippen molar-refractivity contribution in [2.75, 3.05) is 26.2 Å². The van der Waals surface area contributed by atoms with Crippen LogP contribution in [-0.4, -0.2) is 51.3 Å². The Bertz CT molecular complexity index is 998. The summed E-state index contributed by atoms with van der Waals surface area (Å²) in [5.74, 6) is -0.0288. The SMILES string of the molecule is O=C(N1CCN(Cc2cn3ccccc3n2)CC1)C1(c2ccc(F)cc2)CCCC1. The Kier molecular flexibility index (Phi) is 5.03. The number of amides is 1. The van der Waals surface area contributed by atoms with Crippen LogP contribution in [0.4, 0.5) is 4.39 Å². The number of benzene rings is 1. The molecule has 2 aromatic heterocycles. The molecule has 0 N–H and O–H groups in total. The minimum atomic E-state index is -0.475. The van der Waals surface area contributed by atoms with Gasteiger partial charge in [-0.3, -0.25) is 9.69 Å². The molecule has 0 radical (unpaired) electrons. The Labute approximate surface area is 176 Å². The van der Waals surface area contributed by atoms with Gasteiger partial charge in [0.15, 0.2) is 0 Å². The summed E-state index contributed by atoms with van der Waals surface area (Å²) in [5.41, 5.74) is 2.51. The van der Waals surface area contributed by atoms with Crippen LogP contribution in [0.3, 0.4) is 0 Å². The molecular formula is C24H27FN4O. The molecule has 1 aliphatic carbocycles. The average Bonchev–Trinajstić information content (AvgIpc) is 3.42. The Hall–Kier alpha value is -2.73. The summed E-state index contributed by atoms with van der Waals surface area (Å²) in [6, 6.07) is 12.6. The summed E-state index contributed by atoms with van der Waals surface area (Å²) < 4.78 is 15.5. The molecule has 0 bridgehead atoms. The van der Waals surface area contributed by atoms with Gasteiger partial charge in [-0.05, 0) is 42.7 Å². The fourth-order valence-corrected chi connectivity index (χ4v) is 5.08. The van der Waals surface area contributed by atoms with E-state index >= 15 is 0 Å². The maximum absolute atomic E-state index is 13.6. The Morgan fingerprint density at radius 3 is 2.43 bits per heavy atom. The predicted molar refractivity (Wildman–Crippen MR) is 114 cm³/mol. The lowest BCUT2D eigenvalue weighted by molar-refractivity contribution is -0.139. The van der Waals surface area contributed by atoms with Gasteiger partial charge in [-0.2, -0.15) is 0 Å². The van der Waals surface area contributed by atoms with Crippen molar-refractivity contribution in [3.63, 3.8) is 0 Å². The highest BCUT2D eigenvalue weighted by Crippen LogP contribution is 2.42. The number of nitrogens with zero attached hydrogens (tertiary/aromatic N) is 4. The number of carbonyl (C=O) groups is 1. The lowest BCUT2D eigenvalue weighted by Gasteiger charge is -2.40. The first-order valence-corrected chi connectivity index (χ1v) is 10.8. The van der Waals surface area contributed by atoms with E-state index in [9.17, 15) is 9.18 Å². The van der Waals surface area contributed by atoms with Gasteiger partial charge >= 0.3 is 0 Å². The summed E-state index contributed by atoms with van der Waals surface area (Å²) in [6.45, 7) is 3.95. The summed E-state index contributed by atoms with van der Waals surface area (Å²) in [7, 11) is 0. The number of pyridine rings is 1. The third-order valence-electron chi connectivity index (χ3n) is 6.72. The van der Waals surface area contributed by atoms with Crippen molar-refractivity contribution in [3.8, 4) is 0 Å². The molecule has 1 amide bonds. The summed E-state index contributed by atoms with van der Waals surface area (Å²) in [4.78, 5) is 22.7. The molecule has 0 spiro atoms. The molecule has 5 nitrogen and oxygen atoms in total. The molecule has 0 atom stereocenters. The number of halogens is 1. The van der Waals surface area contributed by atoms with Crippen molar-refractivity contribution in [3.05, 3.63) is 71.9 Å². The van der Waals surface area contributed by atoms with Crippen molar-refractivity contribution in [1.29, 1.82) is 0 Å². The third kappa shape index (κ3) is 3.49. The lowest BCUT2D eigenvalue weighted by atomic mass is 9.77. The number of aromatic nitrogens is 2. The van der Waals surface area contributed by atoms with E-state index in [0.29, 0.717) is 0 Å². The van der Waals surface area contributed by atoms with Gasteiger partial charge in [-0.25, -0.2) is 9.37 Å². The number of rotatable bonds is 4. The zero-order valence-corrected chi connectivity index (χ0v) is 17.1. The van der Waals surface area contributed by atoms with Crippen LogP contribution in [0.15, 0.2) is 54.9 Å². The molecule has 1 saturated carbocycles. The first-order chi connectivity index (χ1) is 14.6. The van der Waals surface area contributed by atoms with E-state index in [4.69, 9.17) is 4.98 Å². The number of carbonyl (C=O) groups excluding carboxylic acids is 1. The number of fused-ring (bicyclic) bond motifs is 1. The quantitative estimate of drug-likeness (QED) is 0.664. The molecule has 156 valence electrons. The van der Waals surface area contributed by atoms with Crippen molar-refractivity contribution >= 4 is 11.6 Å². The molecule has 1 aromatic carbocycles. The van der Waals surface area contributed by atoms with Crippen LogP contribution in [0, 0.1) is 5.82 Å². The molecule has 2 aliphatic rings. The molecule has 5 rings (SSSR count). The van der Waals surface area contributed by atoms with Crippen LogP contribution in [0.1, 0.15) is 36.9 Å². The number of piperazine rings is 1.